The number of rotatable bonds is 4. The van der Waals surface area contributed by atoms with Crippen LogP contribution in [0.25, 0.3) is 11.4 Å². The van der Waals surface area contributed by atoms with E-state index in [-0.39, 0.29) is 5.56 Å². The number of hydrogen-bond donors (Lipinski definition) is 0. The summed E-state index contributed by atoms with van der Waals surface area (Å²) >= 11 is 0. The molecule has 1 aromatic carbocycles. The second kappa shape index (κ2) is 4.91. The van der Waals surface area contributed by atoms with E-state index in [1.807, 2.05) is 10.8 Å². The Morgan fingerprint density at radius 3 is 3.00 bits per heavy atom. The molecular formula is C13H13FN2O. The lowest BCUT2D eigenvalue weighted by molar-refractivity contribution is 0.112. The van der Waals surface area contributed by atoms with Crippen LogP contribution in [0.2, 0.25) is 0 Å². The van der Waals surface area contributed by atoms with Crippen molar-refractivity contribution in [1.82, 2.24) is 9.55 Å². The number of benzene rings is 1. The van der Waals surface area contributed by atoms with Gasteiger partial charge in [-0.25, -0.2) is 9.37 Å². The predicted octanol–water partition coefficient (Wildman–Crippen LogP) is 2.91. The monoisotopic (exact) mass is 232 g/mol. The van der Waals surface area contributed by atoms with Gasteiger partial charge in [-0.15, -0.1) is 0 Å². The Hall–Kier alpha value is -1.97. The maximum Gasteiger partial charge on any atom is 0.153 e. The number of imidazole rings is 1. The topological polar surface area (TPSA) is 34.9 Å². The van der Waals surface area contributed by atoms with Gasteiger partial charge in [0.25, 0.3) is 0 Å². The van der Waals surface area contributed by atoms with E-state index in [1.165, 1.54) is 12.1 Å². The van der Waals surface area contributed by atoms with E-state index in [1.54, 1.807) is 12.3 Å². The Kier molecular flexibility index (Phi) is 3.32. The molecule has 17 heavy (non-hydrogen) atoms. The van der Waals surface area contributed by atoms with E-state index in [0.29, 0.717) is 6.29 Å². The van der Waals surface area contributed by atoms with Crippen LogP contribution >= 0.6 is 0 Å². The van der Waals surface area contributed by atoms with Crippen molar-refractivity contribution >= 4 is 6.29 Å². The van der Waals surface area contributed by atoms with Gasteiger partial charge in [0.2, 0.25) is 0 Å². The minimum atomic E-state index is -0.502. The Morgan fingerprint density at radius 2 is 2.29 bits per heavy atom. The third-order valence-corrected chi connectivity index (χ3v) is 2.56. The lowest BCUT2D eigenvalue weighted by Gasteiger charge is -2.06. The van der Waals surface area contributed by atoms with Crippen molar-refractivity contribution < 1.29 is 9.18 Å². The van der Waals surface area contributed by atoms with E-state index in [2.05, 4.69) is 11.9 Å². The Morgan fingerprint density at radius 1 is 1.47 bits per heavy atom. The van der Waals surface area contributed by atoms with Gasteiger partial charge in [-0.1, -0.05) is 6.92 Å². The maximum absolute atomic E-state index is 13.2. The molecule has 2 rings (SSSR count). The first-order chi connectivity index (χ1) is 8.26. The SMILES string of the molecule is CCCn1ccnc1-c1ccc(F)c(C=O)c1. The highest BCUT2D eigenvalue weighted by molar-refractivity contribution is 5.78. The number of nitrogens with zero attached hydrogens (tertiary/aromatic N) is 2. The van der Waals surface area contributed by atoms with Crippen molar-refractivity contribution in [1.29, 1.82) is 0 Å². The molecule has 0 unspecified atom stereocenters. The highest BCUT2D eigenvalue weighted by atomic mass is 19.1. The standard InChI is InChI=1S/C13H13FN2O/c1-2-6-16-7-5-15-13(16)10-3-4-12(14)11(8-10)9-17/h3-5,7-9H,2,6H2,1H3. The fraction of sp³-hybridized carbons (Fsp3) is 0.231. The summed E-state index contributed by atoms with van der Waals surface area (Å²) in [5.41, 5.74) is 0.820. The van der Waals surface area contributed by atoms with Crippen LogP contribution in [0.15, 0.2) is 30.6 Å². The number of hydrogen-bond acceptors (Lipinski definition) is 2. The fourth-order valence-corrected chi connectivity index (χ4v) is 1.76. The van der Waals surface area contributed by atoms with Crippen LogP contribution in [0.1, 0.15) is 23.7 Å². The summed E-state index contributed by atoms with van der Waals surface area (Å²) < 4.78 is 15.2. The molecule has 0 amide bonds. The van der Waals surface area contributed by atoms with Gasteiger partial charge in [-0.05, 0) is 24.6 Å². The number of carbonyl (C=O) groups excluding carboxylic acids is 1. The smallest absolute Gasteiger partial charge is 0.153 e. The van der Waals surface area contributed by atoms with E-state index in [9.17, 15) is 9.18 Å². The molecule has 0 aliphatic heterocycles. The predicted molar refractivity (Wildman–Crippen MR) is 63.3 cm³/mol. The van der Waals surface area contributed by atoms with Gasteiger partial charge in [0, 0.05) is 24.5 Å². The Balaban J connectivity index is 2.45. The molecule has 1 heterocycles. The summed E-state index contributed by atoms with van der Waals surface area (Å²) in [4.78, 5) is 14.9. The highest BCUT2D eigenvalue weighted by Crippen LogP contribution is 2.20. The van der Waals surface area contributed by atoms with Gasteiger partial charge >= 0.3 is 0 Å². The first-order valence-corrected chi connectivity index (χ1v) is 5.52. The van der Waals surface area contributed by atoms with Crippen molar-refractivity contribution in [3.8, 4) is 11.4 Å². The van der Waals surface area contributed by atoms with E-state index >= 15 is 0 Å². The molecule has 1 aromatic heterocycles. The molecule has 2 aromatic rings. The van der Waals surface area contributed by atoms with Crippen LogP contribution in [0, 0.1) is 5.82 Å². The molecule has 0 radical (unpaired) electrons. The van der Waals surface area contributed by atoms with Gasteiger partial charge in [0.15, 0.2) is 6.29 Å². The summed E-state index contributed by atoms with van der Waals surface area (Å²) in [6.07, 6.45) is 5.09. The van der Waals surface area contributed by atoms with E-state index < -0.39 is 5.82 Å². The zero-order valence-electron chi connectivity index (χ0n) is 9.56. The molecule has 0 aliphatic rings. The van der Waals surface area contributed by atoms with Gasteiger partial charge in [-0.3, -0.25) is 4.79 Å². The molecule has 0 atom stereocenters. The number of aryl methyl sites for hydroxylation is 1. The van der Waals surface area contributed by atoms with Gasteiger partial charge < -0.3 is 4.57 Å². The van der Waals surface area contributed by atoms with Crippen LogP contribution in [0.5, 0.6) is 0 Å². The second-order valence-electron chi connectivity index (χ2n) is 3.80. The fourth-order valence-electron chi connectivity index (χ4n) is 1.76. The lowest BCUT2D eigenvalue weighted by atomic mass is 10.1. The Labute approximate surface area is 98.9 Å². The average Bonchev–Trinajstić information content (AvgIpc) is 2.78. The molecule has 0 fully saturated rings. The molecule has 0 bridgehead atoms. The zero-order chi connectivity index (χ0) is 12.3. The molecule has 0 saturated heterocycles. The average molecular weight is 232 g/mol. The lowest BCUT2D eigenvalue weighted by Crippen LogP contribution is -1.99. The minimum absolute atomic E-state index is 0.0635. The first kappa shape index (κ1) is 11.5. The summed E-state index contributed by atoms with van der Waals surface area (Å²) in [7, 11) is 0. The maximum atomic E-state index is 13.2. The molecule has 0 aliphatic carbocycles. The Bertz CT molecular complexity index is 534. The van der Waals surface area contributed by atoms with Crippen LogP contribution in [0.3, 0.4) is 0 Å². The zero-order valence-corrected chi connectivity index (χ0v) is 9.56. The third-order valence-electron chi connectivity index (χ3n) is 2.56. The first-order valence-electron chi connectivity index (χ1n) is 5.52. The summed E-state index contributed by atoms with van der Waals surface area (Å²) in [6, 6.07) is 4.46. The molecule has 0 saturated carbocycles. The van der Waals surface area contributed by atoms with Crippen molar-refractivity contribution in [2.45, 2.75) is 19.9 Å². The number of aromatic nitrogens is 2. The third kappa shape index (κ3) is 2.25. The highest BCUT2D eigenvalue weighted by Gasteiger charge is 2.08. The molecular weight excluding hydrogens is 219 g/mol. The van der Waals surface area contributed by atoms with Crippen LogP contribution in [-0.2, 0) is 6.54 Å². The molecule has 3 nitrogen and oxygen atoms in total. The van der Waals surface area contributed by atoms with Crippen molar-refractivity contribution in [2.75, 3.05) is 0 Å². The molecule has 4 heteroatoms. The van der Waals surface area contributed by atoms with Crippen molar-refractivity contribution in [3.63, 3.8) is 0 Å². The van der Waals surface area contributed by atoms with Crippen LogP contribution in [0.4, 0.5) is 4.39 Å². The van der Waals surface area contributed by atoms with Crippen molar-refractivity contribution in [2.24, 2.45) is 0 Å². The number of carbonyl (C=O) groups is 1. The molecule has 0 N–H and O–H groups in total. The van der Waals surface area contributed by atoms with E-state index in [4.69, 9.17) is 0 Å². The quantitative estimate of drug-likeness (QED) is 0.760. The summed E-state index contributed by atoms with van der Waals surface area (Å²) in [6.45, 7) is 2.93. The molecule has 0 spiro atoms. The van der Waals surface area contributed by atoms with Gasteiger partial charge in [-0.2, -0.15) is 0 Å². The van der Waals surface area contributed by atoms with Crippen molar-refractivity contribution in [3.05, 3.63) is 42.0 Å². The number of aldehydes is 1. The number of halogens is 1. The van der Waals surface area contributed by atoms with E-state index in [0.717, 1.165) is 24.4 Å². The molecule has 88 valence electrons. The second-order valence-corrected chi connectivity index (χ2v) is 3.80. The van der Waals surface area contributed by atoms with Crippen LogP contribution in [-0.4, -0.2) is 15.8 Å². The minimum Gasteiger partial charge on any atom is -0.331 e. The largest absolute Gasteiger partial charge is 0.331 e. The van der Waals surface area contributed by atoms with Gasteiger partial charge in [0.1, 0.15) is 11.6 Å². The summed E-state index contributed by atoms with van der Waals surface area (Å²) in [5.74, 6) is 0.257. The van der Waals surface area contributed by atoms with Crippen LogP contribution < -0.4 is 0 Å². The summed E-state index contributed by atoms with van der Waals surface area (Å²) in [5, 5.41) is 0. The van der Waals surface area contributed by atoms with Gasteiger partial charge in [0.05, 0.1) is 5.56 Å². The normalized spacial score (nSPS) is 10.5.